The highest BCUT2D eigenvalue weighted by Crippen LogP contribution is 2.05. The average Bonchev–Trinajstić information content (AvgIpc) is 2.07. The van der Waals surface area contributed by atoms with Crippen molar-refractivity contribution in [1.29, 1.82) is 0 Å². The summed E-state index contributed by atoms with van der Waals surface area (Å²) in [5, 5.41) is 0. The van der Waals surface area contributed by atoms with E-state index in [0.29, 0.717) is 0 Å². The second-order valence-corrected chi connectivity index (χ2v) is 2.93. The minimum absolute atomic E-state index is 0.880. The molecule has 0 saturated heterocycles. The van der Waals surface area contributed by atoms with Gasteiger partial charge in [0.15, 0.2) is 5.90 Å². The van der Waals surface area contributed by atoms with Crippen LogP contribution in [0.1, 0.15) is 39.0 Å². The lowest BCUT2D eigenvalue weighted by molar-refractivity contribution is 0.272. The van der Waals surface area contributed by atoms with Gasteiger partial charge in [-0.2, -0.15) is 0 Å². The van der Waals surface area contributed by atoms with E-state index in [-0.39, 0.29) is 0 Å². The van der Waals surface area contributed by atoms with E-state index in [0.717, 1.165) is 31.9 Å². The Morgan fingerprint density at radius 3 is 3.00 bits per heavy atom. The zero-order chi connectivity index (χ0) is 7.94. The molecule has 0 aromatic rings. The van der Waals surface area contributed by atoms with Crippen molar-refractivity contribution in [2.75, 3.05) is 13.2 Å². The van der Waals surface area contributed by atoms with Gasteiger partial charge in [0, 0.05) is 19.4 Å². The first-order chi connectivity index (χ1) is 5.43. The number of hydrogen-bond acceptors (Lipinski definition) is 2. The van der Waals surface area contributed by atoms with Gasteiger partial charge in [-0.1, -0.05) is 19.8 Å². The van der Waals surface area contributed by atoms with Gasteiger partial charge < -0.3 is 4.74 Å². The van der Waals surface area contributed by atoms with Crippen LogP contribution in [0.25, 0.3) is 0 Å². The molecule has 1 aliphatic rings. The molecule has 0 fully saturated rings. The van der Waals surface area contributed by atoms with E-state index >= 15 is 0 Å². The predicted molar refractivity (Wildman–Crippen MR) is 47.0 cm³/mol. The van der Waals surface area contributed by atoms with Crippen molar-refractivity contribution in [3.8, 4) is 0 Å². The van der Waals surface area contributed by atoms with Gasteiger partial charge in [-0.15, -0.1) is 0 Å². The third-order valence-electron chi connectivity index (χ3n) is 1.85. The van der Waals surface area contributed by atoms with E-state index in [9.17, 15) is 0 Å². The van der Waals surface area contributed by atoms with Crippen molar-refractivity contribution in [3.05, 3.63) is 0 Å². The highest BCUT2D eigenvalue weighted by Gasteiger charge is 2.04. The van der Waals surface area contributed by atoms with Gasteiger partial charge in [0.25, 0.3) is 0 Å². The maximum absolute atomic E-state index is 5.37. The lowest BCUT2D eigenvalue weighted by atomic mass is 10.2. The van der Waals surface area contributed by atoms with Crippen LogP contribution in [-0.4, -0.2) is 19.0 Å². The van der Waals surface area contributed by atoms with Crippen LogP contribution >= 0.6 is 0 Å². The van der Waals surface area contributed by atoms with Gasteiger partial charge in [0.05, 0.1) is 6.61 Å². The monoisotopic (exact) mass is 155 g/mol. The first kappa shape index (κ1) is 8.57. The average molecular weight is 155 g/mol. The Bertz CT molecular complexity index is 132. The molecule has 0 radical (unpaired) electrons. The molecule has 0 amide bonds. The molecule has 0 aromatic carbocycles. The zero-order valence-electron chi connectivity index (χ0n) is 7.31. The van der Waals surface area contributed by atoms with Gasteiger partial charge >= 0.3 is 0 Å². The van der Waals surface area contributed by atoms with E-state index in [4.69, 9.17) is 4.74 Å². The summed E-state index contributed by atoms with van der Waals surface area (Å²) in [6.07, 6.45) is 5.94. The highest BCUT2D eigenvalue weighted by molar-refractivity contribution is 5.76. The Kier molecular flexibility index (Phi) is 4.02. The normalized spacial score (nSPS) is 17.4. The molecule has 0 aliphatic carbocycles. The summed E-state index contributed by atoms with van der Waals surface area (Å²) >= 11 is 0. The molecule has 2 heteroatoms. The Labute approximate surface area is 68.7 Å². The van der Waals surface area contributed by atoms with E-state index in [1.54, 1.807) is 0 Å². The van der Waals surface area contributed by atoms with Gasteiger partial charge in [-0.3, -0.25) is 4.99 Å². The van der Waals surface area contributed by atoms with Crippen molar-refractivity contribution >= 4 is 5.90 Å². The topological polar surface area (TPSA) is 21.6 Å². The fourth-order valence-corrected chi connectivity index (χ4v) is 1.18. The summed E-state index contributed by atoms with van der Waals surface area (Å²) in [5.41, 5.74) is 0. The molecule has 0 unspecified atom stereocenters. The summed E-state index contributed by atoms with van der Waals surface area (Å²) in [6.45, 7) is 4.07. The second kappa shape index (κ2) is 5.16. The second-order valence-electron chi connectivity index (χ2n) is 2.93. The van der Waals surface area contributed by atoms with Gasteiger partial charge in [-0.25, -0.2) is 0 Å². The molecule has 0 spiro atoms. The Hall–Kier alpha value is -0.530. The maximum atomic E-state index is 5.37. The Morgan fingerprint density at radius 2 is 2.36 bits per heavy atom. The van der Waals surface area contributed by atoms with Crippen molar-refractivity contribution in [2.45, 2.75) is 39.0 Å². The summed E-state index contributed by atoms with van der Waals surface area (Å²) < 4.78 is 5.37. The summed E-state index contributed by atoms with van der Waals surface area (Å²) in [6, 6.07) is 0. The lowest BCUT2D eigenvalue weighted by Crippen LogP contribution is -2.13. The Morgan fingerprint density at radius 1 is 1.45 bits per heavy atom. The van der Waals surface area contributed by atoms with Crippen molar-refractivity contribution in [2.24, 2.45) is 4.99 Å². The van der Waals surface area contributed by atoms with Crippen LogP contribution in [0.15, 0.2) is 4.99 Å². The Balaban J connectivity index is 2.09. The maximum Gasteiger partial charge on any atom is 0.183 e. The molecule has 1 rings (SSSR count). The smallest absolute Gasteiger partial charge is 0.183 e. The highest BCUT2D eigenvalue weighted by atomic mass is 16.5. The minimum Gasteiger partial charge on any atom is -0.481 e. The van der Waals surface area contributed by atoms with E-state index in [1.807, 2.05) is 0 Å². The fourth-order valence-electron chi connectivity index (χ4n) is 1.18. The molecule has 0 aromatic heterocycles. The molecule has 0 atom stereocenters. The van der Waals surface area contributed by atoms with Crippen molar-refractivity contribution < 1.29 is 4.74 Å². The molecule has 11 heavy (non-hydrogen) atoms. The molecule has 1 aliphatic heterocycles. The summed E-state index contributed by atoms with van der Waals surface area (Å²) in [5.74, 6) is 0.990. The van der Waals surface area contributed by atoms with E-state index in [2.05, 4.69) is 11.9 Å². The quantitative estimate of drug-likeness (QED) is 0.571. The van der Waals surface area contributed by atoms with Crippen molar-refractivity contribution in [1.82, 2.24) is 0 Å². The molecule has 0 N–H and O–H groups in total. The van der Waals surface area contributed by atoms with E-state index < -0.39 is 0 Å². The third-order valence-corrected chi connectivity index (χ3v) is 1.85. The summed E-state index contributed by atoms with van der Waals surface area (Å²) in [7, 11) is 0. The third kappa shape index (κ3) is 3.40. The van der Waals surface area contributed by atoms with Crippen LogP contribution in [0.2, 0.25) is 0 Å². The van der Waals surface area contributed by atoms with Crippen LogP contribution in [0, 0.1) is 0 Å². The molecule has 64 valence electrons. The van der Waals surface area contributed by atoms with Gasteiger partial charge in [0.2, 0.25) is 0 Å². The number of rotatable bonds is 4. The predicted octanol–water partition coefficient (Wildman–Crippen LogP) is 2.39. The van der Waals surface area contributed by atoms with Crippen LogP contribution in [0.5, 0.6) is 0 Å². The van der Waals surface area contributed by atoms with Gasteiger partial charge in [0.1, 0.15) is 0 Å². The molecule has 0 bridgehead atoms. The van der Waals surface area contributed by atoms with Crippen LogP contribution in [0.3, 0.4) is 0 Å². The molecule has 0 saturated carbocycles. The summed E-state index contributed by atoms with van der Waals surface area (Å²) in [4.78, 5) is 4.30. The standard InChI is InChI=1S/C9H17NO/c1-2-3-4-6-9-10-7-5-8-11-9/h2-8H2,1H3. The molecular weight excluding hydrogens is 138 g/mol. The number of hydrogen-bond donors (Lipinski definition) is 0. The van der Waals surface area contributed by atoms with E-state index in [1.165, 1.54) is 19.3 Å². The largest absolute Gasteiger partial charge is 0.481 e. The number of aliphatic imine (C=N–C) groups is 1. The molecule has 2 nitrogen and oxygen atoms in total. The number of nitrogens with zero attached hydrogens (tertiary/aromatic N) is 1. The van der Waals surface area contributed by atoms with Crippen LogP contribution in [-0.2, 0) is 4.74 Å². The number of ether oxygens (including phenoxy) is 1. The zero-order valence-corrected chi connectivity index (χ0v) is 7.31. The first-order valence-electron chi connectivity index (χ1n) is 4.59. The molecule has 1 heterocycles. The lowest BCUT2D eigenvalue weighted by Gasteiger charge is -2.12. The number of unbranched alkanes of at least 4 members (excludes halogenated alkanes) is 2. The SMILES string of the molecule is CCCCCC1=NCCCO1. The van der Waals surface area contributed by atoms with Crippen LogP contribution < -0.4 is 0 Å². The van der Waals surface area contributed by atoms with Gasteiger partial charge in [-0.05, 0) is 6.42 Å². The minimum atomic E-state index is 0.880. The fraction of sp³-hybridized carbons (Fsp3) is 0.889. The van der Waals surface area contributed by atoms with Crippen molar-refractivity contribution in [3.63, 3.8) is 0 Å². The first-order valence-corrected chi connectivity index (χ1v) is 4.59. The van der Waals surface area contributed by atoms with Crippen LogP contribution in [0.4, 0.5) is 0 Å². The molecular formula is C9H17NO.